The second-order valence-electron chi connectivity index (χ2n) is 16.6. The van der Waals surface area contributed by atoms with Gasteiger partial charge in [0, 0.05) is 89.0 Å². The van der Waals surface area contributed by atoms with Crippen LogP contribution in [0.4, 0.5) is 18.9 Å². The van der Waals surface area contributed by atoms with Gasteiger partial charge in [0.05, 0.1) is 39.8 Å². The first-order chi connectivity index (χ1) is 27.5. The monoisotopic (exact) mass is 812 g/mol. The fourth-order valence-electron chi connectivity index (χ4n) is 10.7. The first-order valence-electron chi connectivity index (χ1n) is 19.7. The van der Waals surface area contributed by atoms with E-state index >= 15 is 4.39 Å². The summed E-state index contributed by atoms with van der Waals surface area (Å²) in [6.07, 6.45) is 0.298. The molecular weight excluding hydrogens is 776 g/mol. The van der Waals surface area contributed by atoms with Crippen LogP contribution in [0.1, 0.15) is 61.1 Å². The minimum absolute atomic E-state index is 0.00777. The molecule has 6 atom stereocenters. The van der Waals surface area contributed by atoms with Crippen molar-refractivity contribution in [1.29, 1.82) is 5.26 Å². The van der Waals surface area contributed by atoms with Gasteiger partial charge in [0.25, 0.3) is 0 Å². The Morgan fingerprint density at radius 2 is 1.88 bits per heavy atom. The molecule has 2 saturated carbocycles. The normalized spacial score (nSPS) is 26.7. The molecule has 14 heteroatoms. The summed E-state index contributed by atoms with van der Waals surface area (Å²) in [7, 11) is 0. The number of nitrogens with zero attached hydrogens (tertiary/aromatic N) is 5. The number of nitrogens with one attached hydrogen (secondary N) is 1. The number of fused-ring (bicyclic) bond motifs is 7. The fraction of sp³-hybridized carbons (Fsp3) is 0.419. The van der Waals surface area contributed by atoms with E-state index in [0.29, 0.717) is 58.2 Å². The molecule has 1 amide bonds. The Bertz CT molecular complexity index is 2590. The van der Waals surface area contributed by atoms with Crippen molar-refractivity contribution in [2.45, 2.75) is 75.9 Å². The maximum Gasteiger partial charge on any atom is 0.586 e. The van der Waals surface area contributed by atoms with E-state index in [1.165, 1.54) is 6.07 Å². The number of pyridine rings is 1. The average Bonchev–Trinajstić information content (AvgIpc) is 3.43. The molecule has 3 aromatic carbocycles. The molecule has 2 aromatic heterocycles. The molecule has 6 unspecified atom stereocenters. The molecule has 0 spiro atoms. The number of rotatable bonds is 7. The van der Waals surface area contributed by atoms with Gasteiger partial charge >= 0.3 is 6.29 Å². The van der Waals surface area contributed by atoms with E-state index in [9.17, 15) is 18.8 Å². The molecule has 7 aliphatic rings. The molecular formula is C43H37Cl2F3N6O3. The number of alkyl halides is 2. The van der Waals surface area contributed by atoms with Gasteiger partial charge < -0.3 is 29.2 Å². The lowest BCUT2D eigenvalue weighted by atomic mass is 9.79. The quantitative estimate of drug-likeness (QED) is 0.175. The summed E-state index contributed by atoms with van der Waals surface area (Å²) in [5, 5.41) is 15.5. The summed E-state index contributed by atoms with van der Waals surface area (Å²) in [6.45, 7) is 3.92. The van der Waals surface area contributed by atoms with Gasteiger partial charge in [-0.15, -0.1) is 8.78 Å². The van der Waals surface area contributed by atoms with E-state index in [2.05, 4.69) is 36.6 Å². The Balaban J connectivity index is 1.11. The first kappa shape index (κ1) is 35.5. The van der Waals surface area contributed by atoms with Gasteiger partial charge in [0.15, 0.2) is 17.3 Å². The van der Waals surface area contributed by atoms with Crippen molar-refractivity contribution in [3.05, 3.63) is 81.3 Å². The van der Waals surface area contributed by atoms with Crippen LogP contribution in [0.25, 0.3) is 32.9 Å². The lowest BCUT2D eigenvalue weighted by Crippen LogP contribution is -2.45. The zero-order chi connectivity index (χ0) is 39.1. The number of carbonyl (C=O) groups is 1. The van der Waals surface area contributed by atoms with Gasteiger partial charge in [-0.1, -0.05) is 35.3 Å². The first-order valence-corrected chi connectivity index (χ1v) is 20.4. The zero-order valence-electron chi connectivity index (χ0n) is 30.9. The van der Waals surface area contributed by atoms with Crippen LogP contribution in [0.15, 0.2) is 48.5 Å². The highest BCUT2D eigenvalue weighted by Gasteiger charge is 2.55. The highest BCUT2D eigenvalue weighted by Crippen LogP contribution is 2.55. The molecule has 5 aliphatic heterocycles. The second-order valence-corrected chi connectivity index (χ2v) is 17.4. The smallest absolute Gasteiger partial charge is 0.395 e. The van der Waals surface area contributed by atoms with E-state index in [1.807, 2.05) is 13.0 Å². The summed E-state index contributed by atoms with van der Waals surface area (Å²) in [4.78, 5) is 23.7. The number of hydrogen-bond acceptors (Lipinski definition) is 7. The molecule has 5 aromatic rings. The van der Waals surface area contributed by atoms with E-state index < -0.39 is 12.1 Å². The predicted octanol–water partition coefficient (Wildman–Crippen LogP) is 9.11. The minimum Gasteiger partial charge on any atom is -0.395 e. The van der Waals surface area contributed by atoms with Gasteiger partial charge in [-0.25, -0.2) is 9.37 Å². The van der Waals surface area contributed by atoms with Crippen LogP contribution in [0, 0.1) is 41.8 Å². The molecule has 4 saturated heterocycles. The molecule has 0 radical (unpaired) electrons. The molecule has 57 heavy (non-hydrogen) atoms. The van der Waals surface area contributed by atoms with E-state index in [-0.39, 0.29) is 70.4 Å². The van der Waals surface area contributed by atoms with Gasteiger partial charge in [0.1, 0.15) is 5.52 Å². The van der Waals surface area contributed by atoms with Crippen molar-refractivity contribution in [3.63, 3.8) is 0 Å². The molecule has 2 aliphatic carbocycles. The number of aromatic nitrogens is 2. The Kier molecular flexibility index (Phi) is 7.87. The van der Waals surface area contributed by atoms with E-state index in [4.69, 9.17) is 32.9 Å². The van der Waals surface area contributed by atoms with Crippen LogP contribution in [-0.4, -0.2) is 58.4 Å². The maximum absolute atomic E-state index is 17.3. The van der Waals surface area contributed by atoms with Crippen LogP contribution < -0.4 is 19.7 Å². The fourth-order valence-corrected chi connectivity index (χ4v) is 11.0. The molecule has 1 N–H and O–H groups in total. The van der Waals surface area contributed by atoms with Gasteiger partial charge in [-0.2, -0.15) is 5.26 Å². The lowest BCUT2D eigenvalue weighted by Gasteiger charge is -2.40. The highest BCUT2D eigenvalue weighted by molar-refractivity contribution is 6.43. The molecule has 292 valence electrons. The number of benzene rings is 3. The second kappa shape index (κ2) is 12.6. The van der Waals surface area contributed by atoms with Crippen LogP contribution >= 0.6 is 23.2 Å². The van der Waals surface area contributed by atoms with Gasteiger partial charge in [-0.05, 0) is 80.8 Å². The van der Waals surface area contributed by atoms with Crippen LogP contribution in [0.5, 0.6) is 11.5 Å². The van der Waals surface area contributed by atoms with Gasteiger partial charge in [-0.3, -0.25) is 4.79 Å². The van der Waals surface area contributed by atoms with Crippen LogP contribution in [0.3, 0.4) is 0 Å². The maximum atomic E-state index is 17.3. The molecule has 7 heterocycles. The molecule has 9 nitrogen and oxygen atoms in total. The van der Waals surface area contributed by atoms with Crippen LogP contribution in [0.2, 0.25) is 10.0 Å². The topological polar surface area (TPSA) is 95.7 Å². The molecule has 4 bridgehead atoms. The SMILES string of the molecule is Cc1nc2c(F)c(-c3cccc(Cl)c3Cl)c(CCC#N)cc2c2c1cc(C1C3CC(CN(c4ccc5c(c4)OC(F)(F)O5)C3)N1C(=O)C1CC1)n2C1C2CNC1C2. The van der Waals surface area contributed by atoms with Crippen molar-refractivity contribution in [1.82, 2.24) is 19.8 Å². The number of nitriles is 1. The minimum atomic E-state index is -3.72. The number of aryl methyl sites for hydroxylation is 2. The summed E-state index contributed by atoms with van der Waals surface area (Å²) in [6, 6.07) is 16.3. The van der Waals surface area contributed by atoms with Crippen molar-refractivity contribution >= 4 is 56.6 Å². The van der Waals surface area contributed by atoms with Gasteiger partial charge in [0.2, 0.25) is 5.91 Å². The lowest BCUT2D eigenvalue weighted by molar-refractivity contribution is -0.286. The number of piperidine rings is 1. The number of amides is 1. The standard InChI is InChI=1S/C43H37Cl2F3N6O3/c1-20-28-16-32(40-24-12-26(53(40)42(55)21-7-8-21)19-52(18-24)25-9-10-33-34(15-25)57-43(47,48)56-33)54(39-23-14-31(39)50-17-23)41(28)29-13-22(4-3-11-49)35(37(46)38(29)51-20)27-5-2-6-30(44)36(27)45/h2,5-6,9-10,13,15-16,21,23-24,26,31,39-40,50H,3-4,7-8,12,14,17-19H2,1H3. The summed E-state index contributed by atoms with van der Waals surface area (Å²) < 4.78 is 57.2. The van der Waals surface area contributed by atoms with Crippen LogP contribution in [-0.2, 0) is 11.2 Å². The number of hydrogen-bond donors (Lipinski definition) is 1. The Hall–Kier alpha value is -4.70. The third-order valence-electron chi connectivity index (χ3n) is 13.3. The molecule has 12 rings (SSSR count). The molecule has 6 fully saturated rings. The van der Waals surface area contributed by atoms with Crippen molar-refractivity contribution in [2.75, 3.05) is 24.5 Å². The number of likely N-dealkylation sites (tertiary alicyclic amines) is 1. The number of anilines is 1. The van der Waals surface area contributed by atoms with Crippen molar-refractivity contribution < 1.29 is 27.4 Å². The third kappa shape index (κ3) is 5.38. The summed E-state index contributed by atoms with van der Waals surface area (Å²) in [5.41, 5.74) is 4.89. The predicted molar refractivity (Wildman–Crippen MR) is 209 cm³/mol. The van der Waals surface area contributed by atoms with E-state index in [1.54, 1.807) is 30.3 Å². The van der Waals surface area contributed by atoms with E-state index in [0.717, 1.165) is 54.5 Å². The zero-order valence-corrected chi connectivity index (χ0v) is 32.4. The summed E-state index contributed by atoms with van der Waals surface area (Å²) >= 11 is 13.2. The Labute approximate surface area is 336 Å². The number of ether oxygens (including phenoxy) is 2. The Morgan fingerprint density at radius 1 is 1.05 bits per heavy atom. The Morgan fingerprint density at radius 3 is 2.63 bits per heavy atom. The third-order valence-corrected chi connectivity index (χ3v) is 14.1. The van der Waals surface area contributed by atoms with Crippen molar-refractivity contribution in [3.8, 4) is 28.7 Å². The average molecular weight is 814 g/mol. The summed E-state index contributed by atoms with van der Waals surface area (Å²) in [5.74, 6) is -0.0281. The van der Waals surface area contributed by atoms with Crippen molar-refractivity contribution in [2.24, 2.45) is 17.8 Å². The highest BCUT2D eigenvalue weighted by atomic mass is 35.5. The largest absolute Gasteiger partial charge is 0.586 e. The number of carbonyl (C=O) groups excluding carboxylic acids is 1. The number of halogens is 5.